The lowest BCUT2D eigenvalue weighted by molar-refractivity contribution is 0.174. The normalized spacial score (nSPS) is 24.6. The summed E-state index contributed by atoms with van der Waals surface area (Å²) < 4.78 is 42.2. The molecule has 2 aliphatic rings. The van der Waals surface area contributed by atoms with Crippen molar-refractivity contribution < 1.29 is 12.8 Å². The summed E-state index contributed by atoms with van der Waals surface area (Å²) in [5, 5.41) is 14.5. The van der Waals surface area contributed by atoms with Gasteiger partial charge in [-0.25, -0.2) is 17.8 Å². The van der Waals surface area contributed by atoms with E-state index in [4.69, 9.17) is 11.6 Å². The third kappa shape index (κ3) is 4.95. The first-order valence-electron chi connectivity index (χ1n) is 10.2. The molecule has 2 heterocycles. The number of sulfonamides is 1. The number of rotatable bonds is 6. The molecule has 7 nitrogen and oxygen atoms in total. The molecule has 31 heavy (non-hydrogen) atoms. The summed E-state index contributed by atoms with van der Waals surface area (Å²) in [6, 6.07) is 4.92. The monoisotopic (exact) mass is 483 g/mol. The lowest BCUT2D eigenvalue weighted by atomic mass is 9.89. The number of nitrogens with one attached hydrogen (secondary N) is 2. The standard InChI is InChI=1S/C20H23ClFN5O2S2/c21-14-9-19(31(28,29)26-20-24-6-8-30-20)15(22)10-17(14)25-16-3-1-2-4-18(16)27-7-5-13(11-23)12-27/h6,8-10,13,16,18,25H,1-5,7,12H2,(H,24,26)/t13?,16-,18-/m0/s1. The van der Waals surface area contributed by atoms with Crippen LogP contribution in [-0.2, 0) is 10.0 Å². The molecule has 1 aromatic carbocycles. The Hall–Kier alpha value is -1.93. The topological polar surface area (TPSA) is 98.1 Å². The highest BCUT2D eigenvalue weighted by molar-refractivity contribution is 7.93. The molecular formula is C20H23ClFN5O2S2. The smallest absolute Gasteiger partial charge is 0.266 e. The molecule has 1 saturated heterocycles. The van der Waals surface area contributed by atoms with E-state index in [2.05, 4.69) is 26.0 Å². The number of aromatic nitrogens is 1. The molecule has 1 aromatic heterocycles. The van der Waals surface area contributed by atoms with Crippen LogP contribution >= 0.6 is 22.9 Å². The van der Waals surface area contributed by atoms with Crippen molar-refractivity contribution >= 4 is 43.8 Å². The molecule has 166 valence electrons. The number of hydrogen-bond donors (Lipinski definition) is 2. The van der Waals surface area contributed by atoms with Crippen LogP contribution in [0.1, 0.15) is 32.1 Å². The second kappa shape index (κ2) is 9.28. The van der Waals surface area contributed by atoms with E-state index in [1.807, 2.05) is 0 Å². The van der Waals surface area contributed by atoms with Gasteiger partial charge in [-0.2, -0.15) is 5.26 Å². The van der Waals surface area contributed by atoms with Crippen molar-refractivity contribution in [1.82, 2.24) is 9.88 Å². The van der Waals surface area contributed by atoms with E-state index in [-0.39, 0.29) is 28.2 Å². The molecule has 1 saturated carbocycles. The minimum atomic E-state index is -4.15. The molecule has 4 rings (SSSR count). The fourth-order valence-corrected chi connectivity index (χ4v) is 6.56. The number of thiazole rings is 1. The first-order chi connectivity index (χ1) is 14.9. The molecule has 0 spiro atoms. The minimum absolute atomic E-state index is 0.0541. The lowest BCUT2D eigenvalue weighted by Gasteiger charge is -2.39. The Morgan fingerprint density at radius 3 is 2.81 bits per heavy atom. The maximum atomic E-state index is 14.8. The predicted octanol–water partition coefficient (Wildman–Crippen LogP) is 4.30. The Bertz CT molecular complexity index is 1070. The molecule has 2 N–H and O–H groups in total. The van der Waals surface area contributed by atoms with Crippen molar-refractivity contribution in [3.63, 3.8) is 0 Å². The van der Waals surface area contributed by atoms with E-state index in [9.17, 15) is 18.1 Å². The Balaban J connectivity index is 1.53. The Labute approximate surface area is 190 Å². The van der Waals surface area contributed by atoms with Gasteiger partial charge < -0.3 is 5.32 Å². The van der Waals surface area contributed by atoms with E-state index in [0.29, 0.717) is 5.69 Å². The van der Waals surface area contributed by atoms with Gasteiger partial charge >= 0.3 is 0 Å². The Morgan fingerprint density at radius 2 is 2.10 bits per heavy atom. The average molecular weight is 484 g/mol. The highest BCUT2D eigenvalue weighted by Crippen LogP contribution is 2.34. The number of nitriles is 1. The van der Waals surface area contributed by atoms with Gasteiger partial charge in [0, 0.05) is 30.2 Å². The number of nitrogens with zero attached hydrogens (tertiary/aromatic N) is 3. The van der Waals surface area contributed by atoms with Gasteiger partial charge in [0.25, 0.3) is 10.0 Å². The third-order valence-electron chi connectivity index (χ3n) is 5.91. The van der Waals surface area contributed by atoms with E-state index >= 15 is 0 Å². The van der Waals surface area contributed by atoms with Gasteiger partial charge in [-0.1, -0.05) is 24.4 Å². The van der Waals surface area contributed by atoms with Crippen molar-refractivity contribution in [2.75, 3.05) is 23.1 Å². The van der Waals surface area contributed by atoms with Crippen molar-refractivity contribution in [2.24, 2.45) is 5.92 Å². The van der Waals surface area contributed by atoms with Crippen LogP contribution in [0.5, 0.6) is 0 Å². The summed E-state index contributed by atoms with van der Waals surface area (Å²) in [4.78, 5) is 5.69. The van der Waals surface area contributed by atoms with Crippen LogP contribution in [0, 0.1) is 23.1 Å². The first kappa shape index (κ1) is 22.3. The molecule has 0 amide bonds. The van der Waals surface area contributed by atoms with E-state index in [1.54, 1.807) is 5.38 Å². The largest absolute Gasteiger partial charge is 0.379 e. The summed E-state index contributed by atoms with van der Waals surface area (Å²) in [6.45, 7) is 1.63. The van der Waals surface area contributed by atoms with Crippen LogP contribution in [0.3, 0.4) is 0 Å². The minimum Gasteiger partial charge on any atom is -0.379 e. The number of likely N-dealkylation sites (tertiary alicyclic amines) is 1. The molecule has 2 aromatic rings. The van der Waals surface area contributed by atoms with Gasteiger partial charge in [0.2, 0.25) is 0 Å². The zero-order valence-corrected chi connectivity index (χ0v) is 19.1. The SMILES string of the molecule is N#CC1CCN([C@H]2CCCC[C@@H]2Nc2cc(F)c(S(=O)(=O)Nc3nccs3)cc2Cl)C1. The second-order valence-electron chi connectivity index (χ2n) is 7.92. The van der Waals surface area contributed by atoms with Gasteiger partial charge in [0.1, 0.15) is 10.7 Å². The maximum absolute atomic E-state index is 14.8. The van der Waals surface area contributed by atoms with Gasteiger partial charge in [0.15, 0.2) is 5.13 Å². The fourth-order valence-electron chi connectivity index (χ4n) is 4.40. The first-order valence-corrected chi connectivity index (χ1v) is 12.9. The van der Waals surface area contributed by atoms with Crippen LogP contribution in [0.4, 0.5) is 15.2 Å². The molecular weight excluding hydrogens is 461 g/mol. The van der Waals surface area contributed by atoms with Crippen molar-refractivity contribution in [1.29, 1.82) is 5.26 Å². The second-order valence-corrected chi connectivity index (χ2v) is 10.9. The van der Waals surface area contributed by atoms with Crippen LogP contribution in [0.15, 0.2) is 28.6 Å². The molecule has 3 atom stereocenters. The van der Waals surface area contributed by atoms with Crippen LogP contribution < -0.4 is 10.0 Å². The van der Waals surface area contributed by atoms with E-state index in [1.165, 1.54) is 6.20 Å². The van der Waals surface area contributed by atoms with Gasteiger partial charge in [0.05, 0.1) is 22.7 Å². The summed E-state index contributed by atoms with van der Waals surface area (Å²) in [5.41, 5.74) is 0.375. The number of hydrogen-bond acceptors (Lipinski definition) is 7. The summed E-state index contributed by atoms with van der Waals surface area (Å²) in [6.07, 6.45) is 6.39. The van der Waals surface area contributed by atoms with E-state index < -0.39 is 20.7 Å². The van der Waals surface area contributed by atoms with Crippen LogP contribution in [-0.4, -0.2) is 43.5 Å². The number of halogens is 2. The third-order valence-corrected chi connectivity index (χ3v) is 8.39. The molecule has 2 fully saturated rings. The maximum Gasteiger partial charge on any atom is 0.266 e. The Morgan fingerprint density at radius 1 is 1.29 bits per heavy atom. The molecule has 1 aliphatic heterocycles. The Kier molecular flexibility index (Phi) is 6.67. The molecule has 1 aliphatic carbocycles. The fraction of sp³-hybridized carbons (Fsp3) is 0.500. The van der Waals surface area contributed by atoms with Crippen molar-refractivity contribution in [3.05, 3.63) is 34.5 Å². The van der Waals surface area contributed by atoms with Gasteiger partial charge in [-0.3, -0.25) is 9.62 Å². The highest BCUT2D eigenvalue weighted by atomic mass is 35.5. The quantitative estimate of drug-likeness (QED) is 0.635. The van der Waals surface area contributed by atoms with Crippen LogP contribution in [0.25, 0.3) is 0 Å². The molecule has 1 unspecified atom stereocenters. The average Bonchev–Trinajstić information content (AvgIpc) is 3.42. The van der Waals surface area contributed by atoms with Crippen molar-refractivity contribution in [3.8, 4) is 6.07 Å². The van der Waals surface area contributed by atoms with Gasteiger partial charge in [-0.05, 0) is 37.9 Å². The van der Waals surface area contributed by atoms with E-state index in [0.717, 1.165) is 68.7 Å². The number of anilines is 2. The highest BCUT2D eigenvalue weighted by Gasteiger charge is 2.35. The molecule has 11 heteroatoms. The summed E-state index contributed by atoms with van der Waals surface area (Å²) in [5.74, 6) is -0.826. The number of benzene rings is 1. The zero-order chi connectivity index (χ0) is 22.0. The molecule has 0 bridgehead atoms. The lowest BCUT2D eigenvalue weighted by Crippen LogP contribution is -2.48. The summed E-state index contributed by atoms with van der Waals surface area (Å²) >= 11 is 7.47. The summed E-state index contributed by atoms with van der Waals surface area (Å²) in [7, 11) is -4.15. The van der Waals surface area contributed by atoms with Crippen LogP contribution in [0.2, 0.25) is 5.02 Å². The van der Waals surface area contributed by atoms with Gasteiger partial charge in [-0.15, -0.1) is 11.3 Å². The molecule has 0 radical (unpaired) electrons. The predicted molar refractivity (Wildman–Crippen MR) is 119 cm³/mol. The zero-order valence-electron chi connectivity index (χ0n) is 16.7. The van der Waals surface area contributed by atoms with Crippen molar-refractivity contribution in [2.45, 2.75) is 49.1 Å².